The van der Waals surface area contributed by atoms with Crippen molar-refractivity contribution in [2.75, 3.05) is 19.4 Å². The Hall–Kier alpha value is -0.680. The molecule has 0 spiro atoms. The molecule has 1 N–H and O–H groups in total. The molecule has 4 nitrogen and oxygen atoms in total. The highest BCUT2D eigenvalue weighted by Crippen LogP contribution is 2.38. The van der Waals surface area contributed by atoms with Crippen molar-refractivity contribution in [1.82, 2.24) is 15.1 Å². The molecule has 1 aliphatic heterocycles. The molecule has 114 valence electrons. The van der Waals surface area contributed by atoms with Crippen LogP contribution < -0.4 is 10.1 Å². The van der Waals surface area contributed by atoms with Crippen molar-refractivity contribution in [2.24, 2.45) is 0 Å². The van der Waals surface area contributed by atoms with Crippen LogP contribution in [-0.2, 0) is 6.54 Å². The quantitative estimate of drug-likeness (QED) is 0.838. The van der Waals surface area contributed by atoms with E-state index >= 15 is 0 Å². The van der Waals surface area contributed by atoms with E-state index in [9.17, 15) is 0 Å². The molecule has 20 heavy (non-hydrogen) atoms. The predicted octanol–water partition coefficient (Wildman–Crippen LogP) is 3.24. The molecule has 0 saturated carbocycles. The van der Waals surface area contributed by atoms with E-state index < -0.39 is 0 Å². The lowest BCUT2D eigenvalue weighted by atomic mass is 10.0. The van der Waals surface area contributed by atoms with Crippen LogP contribution in [0.4, 0.5) is 0 Å². The van der Waals surface area contributed by atoms with Crippen LogP contribution in [0.1, 0.15) is 51.3 Å². The van der Waals surface area contributed by atoms with E-state index in [1.54, 1.807) is 7.11 Å². The molecule has 2 rings (SSSR count). The Balaban J connectivity index is 2.28. The fraction of sp³-hybridized carbons (Fsp3) is 0.800. The zero-order valence-electron chi connectivity index (χ0n) is 12.9. The minimum absolute atomic E-state index is 0.342. The summed E-state index contributed by atoms with van der Waals surface area (Å²) in [6, 6.07) is 0.342. The van der Waals surface area contributed by atoms with Gasteiger partial charge in [0.05, 0.1) is 25.0 Å². The average molecular weight is 297 g/mol. The van der Waals surface area contributed by atoms with Crippen molar-refractivity contribution < 1.29 is 4.74 Å². The van der Waals surface area contributed by atoms with E-state index in [0.717, 1.165) is 25.3 Å². The lowest BCUT2D eigenvalue weighted by molar-refractivity contribution is 0.383. The maximum Gasteiger partial charge on any atom is 0.161 e. The fourth-order valence-electron chi connectivity index (χ4n) is 2.89. The van der Waals surface area contributed by atoms with Crippen LogP contribution in [0, 0.1) is 0 Å². The van der Waals surface area contributed by atoms with Crippen molar-refractivity contribution in [2.45, 2.75) is 57.4 Å². The molecule has 1 aliphatic rings. The van der Waals surface area contributed by atoms with Crippen LogP contribution in [0.25, 0.3) is 0 Å². The van der Waals surface area contributed by atoms with Gasteiger partial charge in [-0.15, -0.1) is 0 Å². The van der Waals surface area contributed by atoms with E-state index in [2.05, 4.69) is 40.7 Å². The van der Waals surface area contributed by atoms with Crippen molar-refractivity contribution in [3.05, 3.63) is 11.9 Å². The molecule has 0 radical (unpaired) electrons. The number of aromatic nitrogens is 2. The molecule has 0 amide bonds. The highest BCUT2D eigenvalue weighted by Gasteiger charge is 2.30. The first-order valence-electron chi connectivity index (χ1n) is 7.76. The third-order valence-electron chi connectivity index (χ3n) is 3.81. The monoisotopic (exact) mass is 297 g/mol. The minimum atomic E-state index is 0.342. The normalized spacial score (nSPS) is 20.9. The van der Waals surface area contributed by atoms with E-state index in [1.165, 1.54) is 30.7 Å². The number of hydrogen-bond donors (Lipinski definition) is 1. The van der Waals surface area contributed by atoms with Gasteiger partial charge in [-0.05, 0) is 31.6 Å². The molecule has 2 unspecified atom stereocenters. The molecular weight excluding hydrogens is 270 g/mol. The van der Waals surface area contributed by atoms with Crippen LogP contribution >= 0.6 is 11.8 Å². The van der Waals surface area contributed by atoms with Gasteiger partial charge in [0, 0.05) is 11.8 Å². The first-order chi connectivity index (χ1) is 9.81. The zero-order valence-corrected chi connectivity index (χ0v) is 13.7. The van der Waals surface area contributed by atoms with E-state index in [-0.39, 0.29) is 0 Å². The SMILES string of the molecule is CCCn1ncc(OC)c1C(NCC)C1CCCCS1. The lowest BCUT2D eigenvalue weighted by Crippen LogP contribution is -2.34. The van der Waals surface area contributed by atoms with Crippen molar-refractivity contribution in [1.29, 1.82) is 0 Å². The van der Waals surface area contributed by atoms with Gasteiger partial charge in [-0.25, -0.2) is 0 Å². The number of thioether (sulfide) groups is 1. The molecule has 2 atom stereocenters. The Morgan fingerprint density at radius 1 is 1.50 bits per heavy atom. The fourth-order valence-corrected chi connectivity index (χ4v) is 4.32. The second kappa shape index (κ2) is 7.93. The largest absolute Gasteiger partial charge is 0.493 e. The van der Waals surface area contributed by atoms with Gasteiger partial charge in [-0.1, -0.05) is 20.3 Å². The van der Waals surface area contributed by atoms with Crippen LogP contribution in [0.3, 0.4) is 0 Å². The Kier molecular flexibility index (Phi) is 6.23. The summed E-state index contributed by atoms with van der Waals surface area (Å²) < 4.78 is 7.68. The van der Waals surface area contributed by atoms with E-state index in [4.69, 9.17) is 4.74 Å². The summed E-state index contributed by atoms with van der Waals surface area (Å²) in [6.07, 6.45) is 6.93. The van der Waals surface area contributed by atoms with Gasteiger partial charge in [0.2, 0.25) is 0 Å². The number of nitrogens with one attached hydrogen (secondary N) is 1. The molecule has 2 heterocycles. The van der Waals surface area contributed by atoms with E-state index in [0.29, 0.717) is 11.3 Å². The number of hydrogen-bond acceptors (Lipinski definition) is 4. The summed E-state index contributed by atoms with van der Waals surface area (Å²) in [5, 5.41) is 8.81. The molecule has 0 aromatic carbocycles. The van der Waals surface area contributed by atoms with Gasteiger partial charge in [0.25, 0.3) is 0 Å². The number of rotatable bonds is 7. The van der Waals surface area contributed by atoms with Gasteiger partial charge in [-0.3, -0.25) is 4.68 Å². The highest BCUT2D eigenvalue weighted by molar-refractivity contribution is 8.00. The molecule has 1 fully saturated rings. The number of aryl methyl sites for hydroxylation is 1. The third kappa shape index (κ3) is 3.50. The van der Waals surface area contributed by atoms with Gasteiger partial charge in [0.15, 0.2) is 5.75 Å². The molecule has 0 bridgehead atoms. The molecule has 0 aliphatic carbocycles. The first kappa shape index (κ1) is 15.7. The summed E-state index contributed by atoms with van der Waals surface area (Å²) in [6.45, 7) is 6.29. The zero-order chi connectivity index (χ0) is 14.4. The second-order valence-corrected chi connectivity index (χ2v) is 6.61. The maximum atomic E-state index is 5.56. The summed E-state index contributed by atoms with van der Waals surface area (Å²) in [5.41, 5.74) is 1.23. The van der Waals surface area contributed by atoms with Crippen LogP contribution in [-0.4, -0.2) is 34.4 Å². The lowest BCUT2D eigenvalue weighted by Gasteiger charge is -2.31. The van der Waals surface area contributed by atoms with Crippen LogP contribution in [0.5, 0.6) is 5.75 Å². The summed E-state index contributed by atoms with van der Waals surface area (Å²) in [7, 11) is 1.74. The van der Waals surface area contributed by atoms with Crippen molar-refractivity contribution in [3.8, 4) is 5.75 Å². The predicted molar refractivity (Wildman–Crippen MR) is 85.6 cm³/mol. The number of nitrogens with zero attached hydrogens (tertiary/aromatic N) is 2. The number of methoxy groups -OCH3 is 1. The Labute approximate surface area is 126 Å². The van der Waals surface area contributed by atoms with E-state index in [1.807, 2.05) is 6.20 Å². The molecule has 5 heteroatoms. The Morgan fingerprint density at radius 2 is 2.35 bits per heavy atom. The Bertz CT molecular complexity index is 402. The minimum Gasteiger partial charge on any atom is -0.493 e. The van der Waals surface area contributed by atoms with Gasteiger partial charge >= 0.3 is 0 Å². The maximum absolute atomic E-state index is 5.56. The van der Waals surface area contributed by atoms with Gasteiger partial charge in [-0.2, -0.15) is 16.9 Å². The summed E-state index contributed by atoms with van der Waals surface area (Å²) >= 11 is 2.10. The highest BCUT2D eigenvalue weighted by atomic mass is 32.2. The van der Waals surface area contributed by atoms with Crippen LogP contribution in [0.2, 0.25) is 0 Å². The second-order valence-electron chi connectivity index (χ2n) is 5.26. The molecular formula is C15H27N3OS. The molecule has 1 saturated heterocycles. The topological polar surface area (TPSA) is 39.1 Å². The summed E-state index contributed by atoms with van der Waals surface area (Å²) in [5.74, 6) is 2.20. The third-order valence-corrected chi connectivity index (χ3v) is 5.27. The molecule has 1 aromatic heterocycles. The molecule has 1 aromatic rings. The first-order valence-corrected chi connectivity index (χ1v) is 8.81. The van der Waals surface area contributed by atoms with Gasteiger partial charge < -0.3 is 10.1 Å². The smallest absolute Gasteiger partial charge is 0.161 e. The average Bonchev–Trinajstić information content (AvgIpc) is 2.89. The summed E-state index contributed by atoms with van der Waals surface area (Å²) in [4.78, 5) is 0. The van der Waals surface area contributed by atoms with Crippen LogP contribution in [0.15, 0.2) is 6.20 Å². The standard InChI is InChI=1S/C15H27N3OS/c1-4-9-18-15(12(19-3)11-17-18)14(16-5-2)13-8-6-7-10-20-13/h11,13-14,16H,4-10H2,1-3H3. The Morgan fingerprint density at radius 3 is 2.95 bits per heavy atom. The van der Waals surface area contributed by atoms with Crippen molar-refractivity contribution >= 4 is 11.8 Å². The van der Waals surface area contributed by atoms with Gasteiger partial charge in [0.1, 0.15) is 0 Å². The number of ether oxygens (including phenoxy) is 1. The van der Waals surface area contributed by atoms with Crippen molar-refractivity contribution in [3.63, 3.8) is 0 Å².